The number of hydrazine groups is 1. The summed E-state index contributed by atoms with van der Waals surface area (Å²) in [4.78, 5) is 36.9. The average Bonchev–Trinajstić information content (AvgIpc) is 2.50. The van der Waals surface area contributed by atoms with Crippen LogP contribution in [0.1, 0.15) is 46.5 Å². The zero-order valence-electron chi connectivity index (χ0n) is 12.8. The fraction of sp³-hybridized carbons (Fsp3) is 0.786. The lowest BCUT2D eigenvalue weighted by Crippen LogP contribution is -2.62. The van der Waals surface area contributed by atoms with Gasteiger partial charge < -0.3 is 10.5 Å². The minimum atomic E-state index is -0.765. The summed E-state index contributed by atoms with van der Waals surface area (Å²) in [6.07, 6.45) is 1.68. The van der Waals surface area contributed by atoms with Crippen molar-refractivity contribution in [2.45, 2.75) is 64.1 Å². The SMILES string of the molecule is CC(C)(C)OC(=O)C1CCCN2C(=O)CCC(N)C(=O)N12. The predicted octanol–water partition coefficient (Wildman–Crippen LogP) is 0.184. The number of ether oxygens (including phenoxy) is 1. The normalized spacial score (nSPS) is 27.2. The van der Waals surface area contributed by atoms with Crippen molar-refractivity contribution in [1.29, 1.82) is 0 Å². The van der Waals surface area contributed by atoms with E-state index in [4.69, 9.17) is 10.5 Å². The van der Waals surface area contributed by atoms with Crippen molar-refractivity contribution >= 4 is 17.8 Å². The third-order valence-corrected chi connectivity index (χ3v) is 3.58. The van der Waals surface area contributed by atoms with Gasteiger partial charge in [0.25, 0.3) is 5.91 Å². The molecule has 2 aliphatic rings. The van der Waals surface area contributed by atoms with E-state index in [1.54, 1.807) is 20.8 Å². The Hall–Kier alpha value is -1.63. The van der Waals surface area contributed by atoms with Crippen molar-refractivity contribution in [3.8, 4) is 0 Å². The standard InChI is InChI=1S/C14H23N3O4/c1-14(2,3)21-13(20)10-5-4-8-16-11(18)7-6-9(15)12(19)17(10)16/h9-10H,4-8,15H2,1-3H3. The maximum atomic E-state index is 12.4. The Morgan fingerprint density at radius 2 is 1.95 bits per heavy atom. The fourth-order valence-electron chi connectivity index (χ4n) is 2.64. The van der Waals surface area contributed by atoms with E-state index >= 15 is 0 Å². The van der Waals surface area contributed by atoms with E-state index in [1.165, 1.54) is 10.0 Å². The molecule has 2 fully saturated rings. The molecule has 7 heteroatoms. The molecule has 0 saturated carbocycles. The molecular weight excluding hydrogens is 274 g/mol. The second kappa shape index (κ2) is 5.63. The molecule has 2 N–H and O–H groups in total. The molecule has 2 rings (SSSR count). The van der Waals surface area contributed by atoms with Gasteiger partial charge in [-0.05, 0) is 40.0 Å². The van der Waals surface area contributed by atoms with Crippen molar-refractivity contribution in [3.63, 3.8) is 0 Å². The molecule has 21 heavy (non-hydrogen) atoms. The second-order valence-corrected chi connectivity index (χ2v) is 6.54. The van der Waals surface area contributed by atoms with Gasteiger partial charge >= 0.3 is 5.97 Å². The fourth-order valence-corrected chi connectivity index (χ4v) is 2.64. The van der Waals surface area contributed by atoms with Crippen LogP contribution < -0.4 is 5.73 Å². The highest BCUT2D eigenvalue weighted by molar-refractivity contribution is 5.92. The minimum Gasteiger partial charge on any atom is -0.458 e. The van der Waals surface area contributed by atoms with E-state index < -0.39 is 23.7 Å². The quantitative estimate of drug-likeness (QED) is 0.697. The lowest BCUT2D eigenvalue weighted by molar-refractivity contribution is -0.187. The monoisotopic (exact) mass is 297 g/mol. The summed E-state index contributed by atoms with van der Waals surface area (Å²) < 4.78 is 5.37. The second-order valence-electron chi connectivity index (χ2n) is 6.54. The molecule has 0 aromatic carbocycles. The molecule has 0 aromatic rings. The van der Waals surface area contributed by atoms with Crippen molar-refractivity contribution in [1.82, 2.24) is 10.0 Å². The Balaban J connectivity index is 2.27. The van der Waals surface area contributed by atoms with E-state index in [-0.39, 0.29) is 18.2 Å². The van der Waals surface area contributed by atoms with Gasteiger partial charge in [0.05, 0.1) is 6.04 Å². The largest absolute Gasteiger partial charge is 0.458 e. The van der Waals surface area contributed by atoms with E-state index in [0.29, 0.717) is 25.8 Å². The van der Waals surface area contributed by atoms with Crippen LogP contribution in [0.2, 0.25) is 0 Å². The molecule has 0 aromatic heterocycles. The molecule has 7 nitrogen and oxygen atoms in total. The van der Waals surface area contributed by atoms with Crippen LogP contribution in [0.25, 0.3) is 0 Å². The Labute approximate surface area is 124 Å². The Bertz CT molecular complexity index is 458. The van der Waals surface area contributed by atoms with Crippen LogP contribution in [0.15, 0.2) is 0 Å². The number of amides is 2. The van der Waals surface area contributed by atoms with Gasteiger partial charge in [-0.15, -0.1) is 0 Å². The molecule has 0 radical (unpaired) electrons. The Morgan fingerprint density at radius 3 is 2.57 bits per heavy atom. The number of fused-ring (bicyclic) bond motifs is 1. The third-order valence-electron chi connectivity index (χ3n) is 3.58. The lowest BCUT2D eigenvalue weighted by Gasteiger charge is -2.42. The molecule has 2 saturated heterocycles. The number of nitrogens with two attached hydrogens (primary N) is 1. The number of carbonyl (C=O) groups is 3. The van der Waals surface area contributed by atoms with Gasteiger partial charge in [0.15, 0.2) is 6.04 Å². The highest BCUT2D eigenvalue weighted by atomic mass is 16.6. The molecule has 2 aliphatic heterocycles. The Morgan fingerprint density at radius 1 is 1.29 bits per heavy atom. The summed E-state index contributed by atoms with van der Waals surface area (Å²) in [7, 11) is 0. The van der Waals surface area contributed by atoms with Crippen LogP contribution in [0.3, 0.4) is 0 Å². The predicted molar refractivity (Wildman–Crippen MR) is 74.6 cm³/mol. The van der Waals surface area contributed by atoms with Gasteiger partial charge in [-0.3, -0.25) is 14.6 Å². The highest BCUT2D eigenvalue weighted by Crippen LogP contribution is 2.26. The first kappa shape index (κ1) is 15.8. The van der Waals surface area contributed by atoms with Gasteiger partial charge in [0.2, 0.25) is 5.91 Å². The first-order valence-electron chi connectivity index (χ1n) is 7.32. The van der Waals surface area contributed by atoms with Crippen molar-refractivity contribution in [2.75, 3.05) is 6.54 Å². The molecule has 2 amide bonds. The number of esters is 1. The molecule has 0 aliphatic carbocycles. The van der Waals surface area contributed by atoms with Gasteiger partial charge in [0.1, 0.15) is 5.60 Å². The maximum Gasteiger partial charge on any atom is 0.331 e. The maximum absolute atomic E-state index is 12.4. The number of nitrogens with zero attached hydrogens (tertiary/aromatic N) is 2. The molecule has 0 spiro atoms. The van der Waals surface area contributed by atoms with Crippen LogP contribution in [0.5, 0.6) is 0 Å². The average molecular weight is 297 g/mol. The van der Waals surface area contributed by atoms with Crippen LogP contribution in [-0.2, 0) is 19.1 Å². The van der Waals surface area contributed by atoms with Gasteiger partial charge in [-0.2, -0.15) is 0 Å². The van der Waals surface area contributed by atoms with E-state index in [0.717, 1.165) is 0 Å². The number of hydrogen-bond donors (Lipinski definition) is 1. The van der Waals surface area contributed by atoms with E-state index in [2.05, 4.69) is 0 Å². The third kappa shape index (κ3) is 3.34. The summed E-state index contributed by atoms with van der Waals surface area (Å²) >= 11 is 0. The highest BCUT2D eigenvalue weighted by Gasteiger charge is 2.44. The van der Waals surface area contributed by atoms with Gasteiger partial charge in [-0.25, -0.2) is 9.80 Å². The smallest absolute Gasteiger partial charge is 0.331 e. The summed E-state index contributed by atoms with van der Waals surface area (Å²) in [6, 6.07) is -1.51. The topological polar surface area (TPSA) is 92.9 Å². The molecule has 0 bridgehead atoms. The summed E-state index contributed by atoms with van der Waals surface area (Å²) in [5.41, 5.74) is 5.18. The van der Waals surface area contributed by atoms with Crippen LogP contribution in [-0.4, -0.2) is 52.0 Å². The van der Waals surface area contributed by atoms with Crippen molar-refractivity contribution in [2.24, 2.45) is 5.73 Å². The summed E-state index contributed by atoms with van der Waals surface area (Å²) in [5, 5.41) is 2.60. The summed E-state index contributed by atoms with van der Waals surface area (Å²) in [5.74, 6) is -1.02. The van der Waals surface area contributed by atoms with E-state index in [9.17, 15) is 14.4 Å². The number of rotatable bonds is 1. The minimum absolute atomic E-state index is 0.162. The lowest BCUT2D eigenvalue weighted by atomic mass is 10.1. The molecular formula is C14H23N3O4. The molecule has 2 unspecified atom stereocenters. The first-order valence-corrected chi connectivity index (χ1v) is 7.32. The molecule has 2 heterocycles. The van der Waals surface area contributed by atoms with Crippen LogP contribution in [0.4, 0.5) is 0 Å². The van der Waals surface area contributed by atoms with Crippen LogP contribution >= 0.6 is 0 Å². The van der Waals surface area contributed by atoms with Crippen molar-refractivity contribution in [3.05, 3.63) is 0 Å². The first-order chi connectivity index (χ1) is 9.70. The number of hydrogen-bond acceptors (Lipinski definition) is 5. The zero-order chi connectivity index (χ0) is 15.8. The van der Waals surface area contributed by atoms with Gasteiger partial charge in [-0.1, -0.05) is 0 Å². The molecule has 2 atom stereocenters. The molecule has 118 valence electrons. The Kier molecular flexibility index (Phi) is 4.22. The van der Waals surface area contributed by atoms with Gasteiger partial charge in [0, 0.05) is 13.0 Å². The van der Waals surface area contributed by atoms with Crippen LogP contribution in [0, 0.1) is 0 Å². The van der Waals surface area contributed by atoms with E-state index in [1.807, 2.05) is 0 Å². The van der Waals surface area contributed by atoms with Crippen molar-refractivity contribution < 1.29 is 19.1 Å². The zero-order valence-corrected chi connectivity index (χ0v) is 12.8. The summed E-state index contributed by atoms with van der Waals surface area (Å²) in [6.45, 7) is 5.75. The number of carbonyl (C=O) groups excluding carboxylic acids is 3.